The molecule has 8 nitrogen and oxygen atoms in total. The van der Waals surface area contributed by atoms with Crippen molar-refractivity contribution in [3.63, 3.8) is 0 Å². The molecule has 0 bridgehead atoms. The van der Waals surface area contributed by atoms with Crippen molar-refractivity contribution in [2.45, 2.75) is 32.8 Å². The molecule has 2 heterocycles. The number of aryl methyl sites for hydroxylation is 2. The van der Waals surface area contributed by atoms with Crippen LogP contribution in [0.1, 0.15) is 25.8 Å². The van der Waals surface area contributed by atoms with Gasteiger partial charge >= 0.3 is 5.97 Å². The number of ether oxygens (including phenoxy) is 1. The average molecular weight is 430 g/mol. The SMILES string of the molecule is [C-]#[N+]c1cc(-c2nc(-c3ccc(CCC(=O)O)c4c3ccn4C)no2)ccc1OC(C)C. The summed E-state index contributed by atoms with van der Waals surface area (Å²) in [7, 11) is 1.92. The molecule has 4 aromatic rings. The van der Waals surface area contributed by atoms with E-state index in [0.29, 0.717) is 35.1 Å². The fourth-order valence-corrected chi connectivity index (χ4v) is 3.68. The number of hydrogen-bond acceptors (Lipinski definition) is 5. The lowest BCUT2D eigenvalue weighted by atomic mass is 10.0. The Morgan fingerprint density at radius 1 is 1.28 bits per heavy atom. The Kier molecular flexibility index (Phi) is 5.65. The Hall–Kier alpha value is -4.12. The number of carboxylic acids is 1. The Labute approximate surface area is 184 Å². The van der Waals surface area contributed by atoms with Gasteiger partial charge in [-0.3, -0.25) is 4.79 Å². The number of aliphatic carboxylic acids is 1. The van der Waals surface area contributed by atoms with Crippen LogP contribution in [0, 0.1) is 6.57 Å². The van der Waals surface area contributed by atoms with E-state index < -0.39 is 5.97 Å². The van der Waals surface area contributed by atoms with E-state index in [4.69, 9.17) is 20.9 Å². The highest BCUT2D eigenvalue weighted by Gasteiger charge is 2.18. The predicted octanol–water partition coefficient (Wildman–Crippen LogP) is 5.25. The minimum absolute atomic E-state index is 0.0388. The summed E-state index contributed by atoms with van der Waals surface area (Å²) < 4.78 is 13.1. The summed E-state index contributed by atoms with van der Waals surface area (Å²) in [5, 5.41) is 14.1. The molecule has 32 heavy (non-hydrogen) atoms. The predicted molar refractivity (Wildman–Crippen MR) is 120 cm³/mol. The number of fused-ring (bicyclic) bond motifs is 1. The van der Waals surface area contributed by atoms with Crippen LogP contribution in [-0.4, -0.2) is 31.9 Å². The molecular formula is C24H22N4O4. The molecule has 0 fully saturated rings. The minimum Gasteiger partial charge on any atom is -0.502 e. The van der Waals surface area contributed by atoms with Crippen LogP contribution in [-0.2, 0) is 18.3 Å². The summed E-state index contributed by atoms with van der Waals surface area (Å²) in [6, 6.07) is 11.0. The zero-order valence-corrected chi connectivity index (χ0v) is 18.0. The highest BCUT2D eigenvalue weighted by atomic mass is 16.5. The number of aromatic nitrogens is 3. The molecule has 4 rings (SSSR count). The molecule has 0 spiro atoms. The van der Waals surface area contributed by atoms with Crippen LogP contribution in [0.5, 0.6) is 5.75 Å². The van der Waals surface area contributed by atoms with Crippen LogP contribution < -0.4 is 4.74 Å². The average Bonchev–Trinajstić information content (AvgIpc) is 3.40. The van der Waals surface area contributed by atoms with Crippen LogP contribution >= 0.6 is 0 Å². The monoisotopic (exact) mass is 430 g/mol. The fourth-order valence-electron chi connectivity index (χ4n) is 3.68. The van der Waals surface area contributed by atoms with E-state index in [1.807, 2.05) is 49.9 Å². The second-order valence-corrected chi connectivity index (χ2v) is 7.74. The summed E-state index contributed by atoms with van der Waals surface area (Å²) in [5.74, 6) is 0.414. The summed E-state index contributed by atoms with van der Waals surface area (Å²) in [5.41, 5.74) is 3.70. The van der Waals surface area contributed by atoms with E-state index in [1.54, 1.807) is 18.2 Å². The van der Waals surface area contributed by atoms with Crippen molar-refractivity contribution < 1.29 is 19.2 Å². The van der Waals surface area contributed by atoms with Crippen molar-refractivity contribution in [1.29, 1.82) is 0 Å². The van der Waals surface area contributed by atoms with Crippen LogP contribution in [0.25, 0.3) is 38.6 Å². The number of rotatable bonds is 7. The normalized spacial score (nSPS) is 11.1. The van der Waals surface area contributed by atoms with Gasteiger partial charge in [0.25, 0.3) is 5.89 Å². The summed E-state index contributed by atoms with van der Waals surface area (Å²) in [4.78, 5) is 19.1. The van der Waals surface area contributed by atoms with Crippen LogP contribution in [0.2, 0.25) is 0 Å². The molecule has 0 amide bonds. The molecule has 0 aliphatic carbocycles. The summed E-state index contributed by atoms with van der Waals surface area (Å²) in [6.07, 6.45) is 2.38. The Morgan fingerprint density at radius 3 is 2.81 bits per heavy atom. The molecule has 0 aliphatic heterocycles. The second kappa shape index (κ2) is 8.55. The van der Waals surface area contributed by atoms with Gasteiger partial charge in [-0.15, -0.1) is 0 Å². The largest absolute Gasteiger partial charge is 0.502 e. The van der Waals surface area contributed by atoms with Crippen molar-refractivity contribution in [3.8, 4) is 28.6 Å². The van der Waals surface area contributed by atoms with E-state index in [9.17, 15) is 4.79 Å². The molecule has 2 aromatic carbocycles. The highest BCUT2D eigenvalue weighted by molar-refractivity contribution is 5.96. The number of carbonyl (C=O) groups is 1. The van der Waals surface area contributed by atoms with Gasteiger partial charge in [-0.25, -0.2) is 4.85 Å². The fraction of sp³-hybridized carbons (Fsp3) is 0.250. The van der Waals surface area contributed by atoms with Gasteiger partial charge in [-0.2, -0.15) is 4.98 Å². The van der Waals surface area contributed by atoms with Crippen molar-refractivity contribution >= 4 is 22.6 Å². The number of nitrogens with zero attached hydrogens (tertiary/aromatic N) is 4. The Balaban J connectivity index is 1.71. The quantitative estimate of drug-likeness (QED) is 0.402. The molecule has 0 aliphatic rings. The molecule has 0 radical (unpaired) electrons. The molecule has 0 saturated carbocycles. The maximum Gasteiger partial charge on any atom is 0.303 e. The molecule has 8 heteroatoms. The van der Waals surface area contributed by atoms with E-state index in [-0.39, 0.29) is 12.5 Å². The lowest BCUT2D eigenvalue weighted by molar-refractivity contribution is -0.136. The van der Waals surface area contributed by atoms with Crippen LogP contribution in [0.3, 0.4) is 0 Å². The first-order valence-corrected chi connectivity index (χ1v) is 10.2. The van der Waals surface area contributed by atoms with E-state index >= 15 is 0 Å². The van der Waals surface area contributed by atoms with E-state index in [2.05, 4.69) is 15.0 Å². The molecular weight excluding hydrogens is 408 g/mol. The van der Waals surface area contributed by atoms with Crippen molar-refractivity contribution in [3.05, 3.63) is 59.6 Å². The smallest absolute Gasteiger partial charge is 0.303 e. The van der Waals surface area contributed by atoms with Crippen molar-refractivity contribution in [1.82, 2.24) is 14.7 Å². The van der Waals surface area contributed by atoms with E-state index in [0.717, 1.165) is 22.0 Å². The van der Waals surface area contributed by atoms with Crippen molar-refractivity contribution in [2.75, 3.05) is 0 Å². The maximum atomic E-state index is 11.0. The maximum absolute atomic E-state index is 11.0. The summed E-state index contributed by atoms with van der Waals surface area (Å²) >= 11 is 0. The minimum atomic E-state index is -0.831. The lowest BCUT2D eigenvalue weighted by Crippen LogP contribution is -2.05. The van der Waals surface area contributed by atoms with E-state index in [1.165, 1.54) is 0 Å². The second-order valence-electron chi connectivity index (χ2n) is 7.74. The molecule has 0 saturated heterocycles. The van der Waals surface area contributed by atoms with Gasteiger partial charge in [0, 0.05) is 36.2 Å². The highest BCUT2D eigenvalue weighted by Crippen LogP contribution is 2.35. The third kappa shape index (κ3) is 4.05. The zero-order valence-electron chi connectivity index (χ0n) is 18.0. The third-order valence-corrected chi connectivity index (χ3v) is 5.08. The third-order valence-electron chi connectivity index (χ3n) is 5.08. The van der Waals surface area contributed by atoms with Crippen LogP contribution in [0.4, 0.5) is 5.69 Å². The van der Waals surface area contributed by atoms with Gasteiger partial charge in [-0.1, -0.05) is 17.3 Å². The molecule has 162 valence electrons. The number of hydrogen-bond donors (Lipinski definition) is 1. The van der Waals surface area contributed by atoms with Crippen LogP contribution in [0.15, 0.2) is 47.1 Å². The van der Waals surface area contributed by atoms with Gasteiger partial charge in [0.05, 0.1) is 18.2 Å². The Morgan fingerprint density at radius 2 is 2.09 bits per heavy atom. The van der Waals surface area contributed by atoms with Gasteiger partial charge in [0.1, 0.15) is 5.75 Å². The standard InChI is InChI=1S/C24H22N4O4/c1-14(2)31-20-9-6-16(13-19(20)25-3)24-26-23(27-32-24)18-8-5-15(7-10-21(29)30)22-17(18)11-12-28(22)4/h5-6,8-9,11-14H,7,10H2,1-2,4H3,(H,29,30). The van der Waals surface area contributed by atoms with Gasteiger partial charge < -0.3 is 18.9 Å². The zero-order chi connectivity index (χ0) is 22.8. The molecule has 1 N–H and O–H groups in total. The molecule has 0 atom stereocenters. The topological polar surface area (TPSA) is 94.7 Å². The molecule has 0 unspecified atom stereocenters. The van der Waals surface area contributed by atoms with Gasteiger partial charge in [0.2, 0.25) is 11.5 Å². The van der Waals surface area contributed by atoms with Crippen molar-refractivity contribution in [2.24, 2.45) is 7.05 Å². The first kappa shape index (κ1) is 21.1. The first-order chi connectivity index (χ1) is 15.4. The number of benzene rings is 2. The molecule has 2 aromatic heterocycles. The first-order valence-electron chi connectivity index (χ1n) is 10.2. The summed E-state index contributed by atoms with van der Waals surface area (Å²) in [6.45, 7) is 11.3. The van der Waals surface area contributed by atoms with Gasteiger partial charge in [0.15, 0.2) is 0 Å². The lowest BCUT2D eigenvalue weighted by Gasteiger charge is -2.11. The Bertz CT molecular complexity index is 1340. The van der Waals surface area contributed by atoms with Gasteiger partial charge in [-0.05, 0) is 50.1 Å². The number of carboxylic acid groups (broad SMARTS) is 1.